The Morgan fingerprint density at radius 3 is 2.39 bits per heavy atom. The molecule has 23 heavy (non-hydrogen) atoms. The summed E-state index contributed by atoms with van der Waals surface area (Å²) in [4.78, 5) is 22.4. The molecule has 1 aliphatic rings. The molecule has 1 aromatic rings. The van der Waals surface area contributed by atoms with Crippen LogP contribution in [-0.4, -0.2) is 52.5 Å². The number of aliphatic carboxylic acids is 1. The van der Waals surface area contributed by atoms with Crippen LogP contribution in [0.3, 0.4) is 0 Å². The molecule has 1 saturated heterocycles. The van der Waals surface area contributed by atoms with E-state index in [0.29, 0.717) is 6.42 Å². The fourth-order valence-electron chi connectivity index (χ4n) is 3.07. The van der Waals surface area contributed by atoms with Crippen molar-refractivity contribution in [3.63, 3.8) is 0 Å². The van der Waals surface area contributed by atoms with Crippen LogP contribution in [0.4, 0.5) is 0 Å². The van der Waals surface area contributed by atoms with E-state index in [1.807, 2.05) is 6.92 Å². The second-order valence-corrected chi connectivity index (χ2v) is 7.62. The number of hydrogen-bond acceptors (Lipinski definition) is 4. The van der Waals surface area contributed by atoms with Gasteiger partial charge in [0.15, 0.2) is 5.03 Å². The number of aromatic carboxylic acids is 1. The van der Waals surface area contributed by atoms with E-state index in [1.165, 1.54) is 19.2 Å². The van der Waals surface area contributed by atoms with Crippen molar-refractivity contribution in [3.05, 3.63) is 17.8 Å². The molecule has 2 rings (SSSR count). The Morgan fingerprint density at radius 2 is 1.91 bits per heavy atom. The molecule has 0 amide bonds. The van der Waals surface area contributed by atoms with E-state index in [9.17, 15) is 23.1 Å². The predicted octanol–water partition coefficient (Wildman–Crippen LogP) is 0.845. The number of carboxylic acids is 2. The molecule has 2 N–H and O–H groups in total. The van der Waals surface area contributed by atoms with Crippen molar-refractivity contribution in [1.29, 1.82) is 0 Å². The Labute approximate surface area is 134 Å². The van der Waals surface area contributed by atoms with Gasteiger partial charge in [-0.15, -0.1) is 0 Å². The van der Waals surface area contributed by atoms with Gasteiger partial charge in [-0.1, -0.05) is 13.3 Å². The SMILES string of the molecule is CCC[C@@H]1CN(S(=O)(=O)c2ccc(C(=O)O)n2C)C[C@H]1C(=O)O. The zero-order chi connectivity index (χ0) is 17.4. The number of nitrogens with zero attached hydrogens (tertiary/aromatic N) is 2. The molecule has 0 unspecified atom stereocenters. The minimum absolute atomic E-state index is 0.0874. The normalized spacial score (nSPS) is 22.3. The van der Waals surface area contributed by atoms with E-state index in [-0.39, 0.29) is 29.7 Å². The van der Waals surface area contributed by atoms with Crippen LogP contribution in [0.2, 0.25) is 0 Å². The van der Waals surface area contributed by atoms with Gasteiger partial charge in [-0.05, 0) is 24.5 Å². The van der Waals surface area contributed by atoms with E-state index in [1.54, 1.807) is 0 Å². The number of hydrogen-bond donors (Lipinski definition) is 2. The smallest absolute Gasteiger partial charge is 0.352 e. The lowest BCUT2D eigenvalue weighted by atomic mass is 9.92. The lowest BCUT2D eigenvalue weighted by molar-refractivity contribution is -0.142. The Bertz CT molecular complexity index is 724. The van der Waals surface area contributed by atoms with E-state index in [4.69, 9.17) is 5.11 Å². The second-order valence-electron chi connectivity index (χ2n) is 5.74. The molecular weight excluding hydrogens is 324 g/mol. The summed E-state index contributed by atoms with van der Waals surface area (Å²) in [6.07, 6.45) is 1.41. The number of carbonyl (C=O) groups is 2. The zero-order valence-electron chi connectivity index (χ0n) is 13.0. The molecule has 128 valence electrons. The van der Waals surface area contributed by atoms with Crippen molar-refractivity contribution in [2.75, 3.05) is 13.1 Å². The average Bonchev–Trinajstić information content (AvgIpc) is 3.03. The molecule has 1 aromatic heterocycles. The zero-order valence-corrected chi connectivity index (χ0v) is 13.8. The Hall–Kier alpha value is -1.87. The molecule has 2 heterocycles. The summed E-state index contributed by atoms with van der Waals surface area (Å²) in [5.41, 5.74) is -0.136. The summed E-state index contributed by atoms with van der Waals surface area (Å²) in [5, 5.41) is 18.2. The lowest BCUT2D eigenvalue weighted by Crippen LogP contribution is -2.31. The van der Waals surface area contributed by atoms with Gasteiger partial charge >= 0.3 is 11.9 Å². The highest BCUT2D eigenvalue weighted by Gasteiger charge is 2.43. The summed E-state index contributed by atoms with van der Waals surface area (Å²) in [6, 6.07) is 2.46. The van der Waals surface area contributed by atoms with Crippen molar-refractivity contribution in [3.8, 4) is 0 Å². The van der Waals surface area contributed by atoms with Gasteiger partial charge in [-0.2, -0.15) is 4.31 Å². The van der Waals surface area contributed by atoms with Gasteiger partial charge in [0, 0.05) is 20.1 Å². The van der Waals surface area contributed by atoms with Crippen LogP contribution >= 0.6 is 0 Å². The van der Waals surface area contributed by atoms with Gasteiger partial charge < -0.3 is 14.8 Å². The van der Waals surface area contributed by atoms with Crippen LogP contribution < -0.4 is 0 Å². The molecule has 0 aliphatic carbocycles. The number of rotatable bonds is 6. The van der Waals surface area contributed by atoms with Gasteiger partial charge in [-0.25, -0.2) is 13.2 Å². The number of aromatic nitrogens is 1. The first-order chi connectivity index (χ1) is 10.7. The standard InChI is InChI=1S/C14H20N2O6S/c1-3-4-9-7-16(8-10(9)13(17)18)23(21,22)12-6-5-11(14(19)20)15(12)2/h5-6,9-10H,3-4,7-8H2,1-2H3,(H,17,18)(H,19,20)/t9-,10-/m1/s1. The van der Waals surface area contributed by atoms with E-state index in [2.05, 4.69) is 0 Å². The summed E-state index contributed by atoms with van der Waals surface area (Å²) in [5.74, 6) is -3.18. The maximum atomic E-state index is 12.7. The van der Waals surface area contributed by atoms with Gasteiger partial charge in [0.1, 0.15) is 5.69 Å². The lowest BCUT2D eigenvalue weighted by Gasteiger charge is -2.17. The number of sulfonamides is 1. The third-order valence-corrected chi connectivity index (χ3v) is 6.20. The molecule has 0 aromatic carbocycles. The Kier molecular flexibility index (Phi) is 4.81. The van der Waals surface area contributed by atoms with Crippen LogP contribution in [0, 0.1) is 11.8 Å². The largest absolute Gasteiger partial charge is 0.481 e. The monoisotopic (exact) mass is 344 g/mol. The highest BCUT2D eigenvalue weighted by molar-refractivity contribution is 7.89. The van der Waals surface area contributed by atoms with E-state index >= 15 is 0 Å². The van der Waals surface area contributed by atoms with E-state index in [0.717, 1.165) is 15.3 Å². The highest BCUT2D eigenvalue weighted by atomic mass is 32.2. The van der Waals surface area contributed by atoms with Crippen LogP contribution in [0.1, 0.15) is 30.3 Å². The number of carboxylic acid groups (broad SMARTS) is 2. The maximum Gasteiger partial charge on any atom is 0.352 e. The Balaban J connectivity index is 2.34. The first kappa shape index (κ1) is 17.5. The summed E-state index contributed by atoms with van der Waals surface area (Å²) < 4.78 is 27.7. The molecule has 9 heteroatoms. The fraction of sp³-hybridized carbons (Fsp3) is 0.571. The maximum absolute atomic E-state index is 12.7. The van der Waals surface area contributed by atoms with Crippen LogP contribution in [0.5, 0.6) is 0 Å². The first-order valence-electron chi connectivity index (χ1n) is 7.32. The van der Waals surface area contributed by atoms with Crippen molar-refractivity contribution >= 4 is 22.0 Å². The van der Waals surface area contributed by atoms with E-state index < -0.39 is 27.9 Å². The third kappa shape index (κ3) is 3.11. The van der Waals surface area contributed by atoms with Crippen molar-refractivity contribution in [2.24, 2.45) is 18.9 Å². The van der Waals surface area contributed by atoms with Crippen LogP contribution in [0.15, 0.2) is 17.2 Å². The summed E-state index contributed by atoms with van der Waals surface area (Å²) >= 11 is 0. The quantitative estimate of drug-likeness (QED) is 0.790. The summed E-state index contributed by atoms with van der Waals surface area (Å²) in [6.45, 7) is 1.98. The molecule has 2 atom stereocenters. The molecule has 8 nitrogen and oxygen atoms in total. The highest BCUT2D eigenvalue weighted by Crippen LogP contribution is 2.32. The Morgan fingerprint density at radius 1 is 1.26 bits per heavy atom. The van der Waals surface area contributed by atoms with Gasteiger partial charge in [-0.3, -0.25) is 4.79 Å². The molecule has 0 radical (unpaired) electrons. The first-order valence-corrected chi connectivity index (χ1v) is 8.76. The van der Waals surface area contributed by atoms with Crippen molar-refractivity contribution < 1.29 is 28.2 Å². The van der Waals surface area contributed by atoms with Crippen LogP contribution in [0.25, 0.3) is 0 Å². The van der Waals surface area contributed by atoms with Gasteiger partial charge in [0.25, 0.3) is 10.0 Å². The molecule has 1 fully saturated rings. The molecule has 0 bridgehead atoms. The molecule has 0 spiro atoms. The molecule has 1 aliphatic heterocycles. The minimum atomic E-state index is -3.93. The minimum Gasteiger partial charge on any atom is -0.481 e. The summed E-state index contributed by atoms with van der Waals surface area (Å²) in [7, 11) is -2.56. The van der Waals surface area contributed by atoms with Crippen LogP contribution in [-0.2, 0) is 21.9 Å². The fourth-order valence-corrected chi connectivity index (χ4v) is 4.76. The topological polar surface area (TPSA) is 117 Å². The molecular formula is C14H20N2O6S. The van der Waals surface area contributed by atoms with Gasteiger partial charge in [0.2, 0.25) is 0 Å². The van der Waals surface area contributed by atoms with Gasteiger partial charge in [0.05, 0.1) is 5.92 Å². The second kappa shape index (κ2) is 6.32. The third-order valence-electron chi connectivity index (χ3n) is 4.28. The predicted molar refractivity (Wildman–Crippen MR) is 80.7 cm³/mol. The van der Waals surface area contributed by atoms with Crippen molar-refractivity contribution in [2.45, 2.75) is 24.8 Å². The average molecular weight is 344 g/mol. The van der Waals surface area contributed by atoms with Crippen molar-refractivity contribution in [1.82, 2.24) is 8.87 Å². The molecule has 0 saturated carbocycles.